The SMILES string of the molecule is COC1CCC2(CC1)Cc1ccc(C#CC3CC3)cc1[C@]21N=C(N)c2ccc(C#N)cc21. The Morgan fingerprint density at radius 3 is 2.50 bits per heavy atom. The van der Waals surface area contributed by atoms with Crippen LogP contribution in [0.4, 0.5) is 0 Å². The van der Waals surface area contributed by atoms with Crippen LogP contribution in [0.15, 0.2) is 41.4 Å². The molecule has 0 aromatic heterocycles. The second kappa shape index (κ2) is 6.96. The topological polar surface area (TPSA) is 71.4 Å². The lowest BCUT2D eigenvalue weighted by molar-refractivity contribution is 0.00684. The number of fused-ring (bicyclic) bond motifs is 5. The molecule has 2 aromatic carbocycles. The Kier molecular flexibility index (Phi) is 4.26. The Bertz CT molecular complexity index is 1250. The fourth-order valence-corrected chi connectivity index (χ4v) is 6.30. The van der Waals surface area contributed by atoms with Crippen molar-refractivity contribution in [1.82, 2.24) is 0 Å². The number of rotatable bonds is 1. The molecule has 32 heavy (non-hydrogen) atoms. The van der Waals surface area contributed by atoms with E-state index in [0.717, 1.165) is 48.8 Å². The van der Waals surface area contributed by atoms with E-state index in [1.165, 1.54) is 24.0 Å². The molecule has 160 valence electrons. The van der Waals surface area contributed by atoms with Gasteiger partial charge in [0.15, 0.2) is 0 Å². The maximum absolute atomic E-state index is 9.65. The van der Waals surface area contributed by atoms with Crippen molar-refractivity contribution in [3.8, 4) is 17.9 Å². The average Bonchev–Trinajstić information content (AvgIpc) is 3.56. The molecule has 2 fully saturated rings. The maximum atomic E-state index is 9.65. The zero-order valence-electron chi connectivity index (χ0n) is 18.4. The van der Waals surface area contributed by atoms with Gasteiger partial charge >= 0.3 is 0 Å². The van der Waals surface area contributed by atoms with Crippen LogP contribution in [0.3, 0.4) is 0 Å². The molecule has 1 aliphatic heterocycles. The second-order valence-corrected chi connectivity index (χ2v) is 9.89. The molecular weight excluding hydrogens is 394 g/mol. The summed E-state index contributed by atoms with van der Waals surface area (Å²) < 4.78 is 5.71. The van der Waals surface area contributed by atoms with E-state index in [-0.39, 0.29) is 5.41 Å². The van der Waals surface area contributed by atoms with Crippen LogP contribution in [0, 0.1) is 34.5 Å². The zero-order valence-corrected chi connectivity index (χ0v) is 18.4. The van der Waals surface area contributed by atoms with Crippen LogP contribution in [0.2, 0.25) is 0 Å². The van der Waals surface area contributed by atoms with E-state index in [9.17, 15) is 5.26 Å². The first-order valence-electron chi connectivity index (χ1n) is 11.7. The molecule has 4 heteroatoms. The summed E-state index contributed by atoms with van der Waals surface area (Å²) in [6.07, 6.45) is 7.79. The number of nitrogens with zero attached hydrogens (tertiary/aromatic N) is 2. The molecule has 1 atom stereocenters. The summed E-state index contributed by atoms with van der Waals surface area (Å²) in [6.45, 7) is 0. The monoisotopic (exact) mass is 421 g/mol. The molecule has 0 amide bonds. The predicted octanol–water partition coefficient (Wildman–Crippen LogP) is 4.41. The van der Waals surface area contributed by atoms with Crippen molar-refractivity contribution in [2.75, 3.05) is 7.11 Å². The van der Waals surface area contributed by atoms with Crippen molar-refractivity contribution in [2.24, 2.45) is 22.1 Å². The number of hydrogen-bond acceptors (Lipinski definition) is 4. The van der Waals surface area contributed by atoms with Gasteiger partial charge < -0.3 is 10.5 Å². The summed E-state index contributed by atoms with van der Waals surface area (Å²) in [5.41, 5.74) is 12.3. The van der Waals surface area contributed by atoms with Gasteiger partial charge in [-0.15, -0.1) is 0 Å². The van der Waals surface area contributed by atoms with Gasteiger partial charge in [-0.2, -0.15) is 5.26 Å². The van der Waals surface area contributed by atoms with Gasteiger partial charge in [0.25, 0.3) is 0 Å². The molecule has 0 unspecified atom stereocenters. The molecule has 6 rings (SSSR count). The van der Waals surface area contributed by atoms with Gasteiger partial charge in [0.2, 0.25) is 0 Å². The van der Waals surface area contributed by atoms with E-state index in [4.69, 9.17) is 15.5 Å². The van der Waals surface area contributed by atoms with Gasteiger partial charge in [0, 0.05) is 29.6 Å². The highest BCUT2D eigenvalue weighted by Gasteiger charge is 2.62. The molecular formula is C28H27N3O. The number of nitrogens with two attached hydrogens (primary N) is 1. The number of benzene rings is 2. The van der Waals surface area contributed by atoms with E-state index in [1.807, 2.05) is 25.3 Å². The van der Waals surface area contributed by atoms with Crippen molar-refractivity contribution in [3.63, 3.8) is 0 Å². The molecule has 0 radical (unpaired) electrons. The van der Waals surface area contributed by atoms with Crippen molar-refractivity contribution < 1.29 is 4.74 Å². The van der Waals surface area contributed by atoms with Crippen LogP contribution in [0.1, 0.15) is 71.9 Å². The molecule has 2 saturated carbocycles. The number of nitriles is 1. The fourth-order valence-electron chi connectivity index (χ4n) is 6.30. The third-order valence-electron chi connectivity index (χ3n) is 8.12. The van der Waals surface area contributed by atoms with Crippen molar-refractivity contribution in [2.45, 2.75) is 56.6 Å². The first-order chi connectivity index (χ1) is 15.6. The fraction of sp³-hybridized carbons (Fsp3) is 0.429. The first-order valence-corrected chi connectivity index (χ1v) is 11.7. The van der Waals surface area contributed by atoms with Crippen LogP contribution in [0.5, 0.6) is 0 Å². The Morgan fingerprint density at radius 2 is 1.78 bits per heavy atom. The minimum Gasteiger partial charge on any atom is -0.383 e. The third kappa shape index (κ3) is 2.70. The summed E-state index contributed by atoms with van der Waals surface area (Å²) >= 11 is 0. The first kappa shape index (κ1) is 19.6. The predicted molar refractivity (Wildman–Crippen MR) is 124 cm³/mol. The summed E-state index contributed by atoms with van der Waals surface area (Å²) in [5, 5.41) is 9.65. The lowest BCUT2D eigenvalue weighted by atomic mass is 9.59. The average molecular weight is 422 g/mol. The Hall–Kier alpha value is -3.08. The Labute approximate surface area is 189 Å². The minimum absolute atomic E-state index is 0.0587. The summed E-state index contributed by atoms with van der Waals surface area (Å²) in [5.74, 6) is 7.95. The van der Waals surface area contributed by atoms with Crippen LogP contribution in [0.25, 0.3) is 0 Å². The van der Waals surface area contributed by atoms with Crippen molar-refractivity contribution in [3.05, 3.63) is 69.8 Å². The lowest BCUT2D eigenvalue weighted by Gasteiger charge is -2.47. The Balaban J connectivity index is 1.57. The summed E-state index contributed by atoms with van der Waals surface area (Å²) in [4.78, 5) is 5.28. The minimum atomic E-state index is -0.551. The molecule has 0 bridgehead atoms. The molecule has 4 aliphatic rings. The van der Waals surface area contributed by atoms with E-state index in [2.05, 4.69) is 36.1 Å². The van der Waals surface area contributed by atoms with E-state index >= 15 is 0 Å². The van der Waals surface area contributed by atoms with Gasteiger partial charge in [-0.3, -0.25) is 4.99 Å². The van der Waals surface area contributed by atoms with Crippen molar-refractivity contribution >= 4 is 5.84 Å². The van der Waals surface area contributed by atoms with Gasteiger partial charge in [0.1, 0.15) is 11.4 Å². The second-order valence-electron chi connectivity index (χ2n) is 9.89. The molecule has 4 nitrogen and oxygen atoms in total. The lowest BCUT2D eigenvalue weighted by Crippen LogP contribution is -2.45. The van der Waals surface area contributed by atoms with E-state index in [1.54, 1.807) is 0 Å². The number of ether oxygens (including phenoxy) is 1. The molecule has 2 aromatic rings. The largest absolute Gasteiger partial charge is 0.383 e. The van der Waals surface area contributed by atoms with Crippen molar-refractivity contribution in [1.29, 1.82) is 5.26 Å². The highest BCUT2D eigenvalue weighted by molar-refractivity contribution is 6.03. The number of amidine groups is 1. The zero-order chi connectivity index (χ0) is 21.9. The van der Waals surface area contributed by atoms with Gasteiger partial charge in [-0.25, -0.2) is 0 Å². The Morgan fingerprint density at radius 1 is 1.03 bits per heavy atom. The summed E-state index contributed by atoms with van der Waals surface area (Å²) in [7, 11) is 1.81. The molecule has 0 saturated heterocycles. The van der Waals surface area contributed by atoms with Crippen LogP contribution < -0.4 is 5.73 Å². The smallest absolute Gasteiger partial charge is 0.127 e. The van der Waals surface area contributed by atoms with E-state index in [0.29, 0.717) is 23.4 Å². The van der Waals surface area contributed by atoms with Gasteiger partial charge in [-0.05, 0) is 92.0 Å². The molecule has 3 aliphatic carbocycles. The number of hydrogen-bond donors (Lipinski definition) is 1. The molecule has 2 N–H and O–H groups in total. The van der Waals surface area contributed by atoms with Gasteiger partial charge in [-0.1, -0.05) is 17.9 Å². The number of aliphatic imine (C=N–C) groups is 1. The normalized spacial score (nSPS) is 29.8. The maximum Gasteiger partial charge on any atom is 0.127 e. The molecule has 1 heterocycles. The summed E-state index contributed by atoms with van der Waals surface area (Å²) in [6, 6.07) is 14.9. The van der Waals surface area contributed by atoms with Gasteiger partial charge in [0.05, 0.1) is 17.7 Å². The van der Waals surface area contributed by atoms with Crippen LogP contribution in [-0.2, 0) is 16.7 Å². The molecule has 2 spiro atoms. The highest BCUT2D eigenvalue weighted by Crippen LogP contribution is 2.64. The van der Waals surface area contributed by atoms with Crippen LogP contribution in [-0.4, -0.2) is 19.0 Å². The van der Waals surface area contributed by atoms with E-state index < -0.39 is 5.54 Å². The highest BCUT2D eigenvalue weighted by atomic mass is 16.5. The standard InChI is InChI=1S/C28H27N3O/c1-32-22-10-12-27(13-11-22)16-21-8-6-19(5-4-18-2-3-18)14-24(21)28(27)25-15-20(17-29)7-9-23(25)26(30)31-28/h6-9,14-15,18,22H,2-3,10-13,16H2,1H3,(H2,30,31)/t22?,27?,28-/m1/s1. The quantitative estimate of drug-likeness (QED) is 0.693. The van der Waals surface area contributed by atoms with Crippen LogP contribution >= 0.6 is 0 Å². The third-order valence-corrected chi connectivity index (χ3v) is 8.12. The number of methoxy groups -OCH3 is 1.